The van der Waals surface area contributed by atoms with Crippen LogP contribution in [-0.2, 0) is 9.53 Å². The molecule has 0 aliphatic carbocycles. The second kappa shape index (κ2) is 6.58. The minimum atomic E-state index is -1.17. The van der Waals surface area contributed by atoms with Crippen LogP contribution in [0.5, 0.6) is 0 Å². The van der Waals surface area contributed by atoms with Gasteiger partial charge >= 0.3 is 12.1 Å². The molecule has 0 aliphatic heterocycles. The molecule has 1 atom stereocenters. The van der Waals surface area contributed by atoms with Crippen LogP contribution in [0.2, 0.25) is 0 Å². The summed E-state index contributed by atoms with van der Waals surface area (Å²) in [6.45, 7) is 5.12. The lowest BCUT2D eigenvalue weighted by Gasteiger charge is -2.22. The number of benzene rings is 1. The first-order valence-electron chi connectivity index (χ1n) is 5.77. The van der Waals surface area contributed by atoms with Gasteiger partial charge in [0.05, 0.1) is 0 Å². The number of ether oxygens (including phenoxy) is 1. The summed E-state index contributed by atoms with van der Waals surface area (Å²) in [5.41, 5.74) is -0.244. The van der Waals surface area contributed by atoms with Crippen molar-refractivity contribution >= 4 is 43.9 Å². The number of carboxylic acid groups (broad SMARTS) is 1. The lowest BCUT2D eigenvalue weighted by atomic mass is 10.1. The largest absolute Gasteiger partial charge is 0.479 e. The van der Waals surface area contributed by atoms with E-state index in [4.69, 9.17) is 4.74 Å². The molecule has 2 N–H and O–H groups in total. The molecule has 1 aromatic rings. The predicted molar refractivity (Wildman–Crippen MR) is 81.6 cm³/mol. The lowest BCUT2D eigenvalue weighted by molar-refractivity contribution is -0.139. The first kappa shape index (κ1) is 17.0. The molecule has 0 radical (unpaired) electrons. The molecule has 0 heterocycles. The molecule has 1 amide bonds. The summed E-state index contributed by atoms with van der Waals surface area (Å²) < 4.78 is 6.55. The van der Waals surface area contributed by atoms with Gasteiger partial charge in [0, 0.05) is 8.95 Å². The minimum absolute atomic E-state index is 0.443. The zero-order valence-electron chi connectivity index (χ0n) is 11.2. The van der Waals surface area contributed by atoms with Crippen LogP contribution in [0.25, 0.3) is 0 Å². The van der Waals surface area contributed by atoms with Crippen molar-refractivity contribution in [3.05, 3.63) is 32.7 Å². The Kier molecular flexibility index (Phi) is 5.59. The van der Waals surface area contributed by atoms with Gasteiger partial charge in [-0.25, -0.2) is 9.59 Å². The Hall–Kier alpha value is -1.08. The van der Waals surface area contributed by atoms with Gasteiger partial charge in [-0.15, -0.1) is 0 Å². The summed E-state index contributed by atoms with van der Waals surface area (Å²) in [6.07, 6.45) is -0.774. The van der Waals surface area contributed by atoms with E-state index in [0.717, 1.165) is 4.47 Å². The van der Waals surface area contributed by atoms with Gasteiger partial charge < -0.3 is 15.2 Å². The van der Waals surface area contributed by atoms with Gasteiger partial charge in [-0.3, -0.25) is 0 Å². The van der Waals surface area contributed by atoms with Crippen molar-refractivity contribution in [1.82, 2.24) is 5.32 Å². The van der Waals surface area contributed by atoms with E-state index < -0.39 is 23.7 Å². The fourth-order valence-electron chi connectivity index (χ4n) is 1.40. The molecule has 1 aromatic carbocycles. The molecule has 1 rings (SSSR count). The van der Waals surface area contributed by atoms with Crippen LogP contribution in [-0.4, -0.2) is 22.8 Å². The smallest absolute Gasteiger partial charge is 0.408 e. The van der Waals surface area contributed by atoms with Crippen LogP contribution < -0.4 is 5.32 Å². The van der Waals surface area contributed by atoms with Gasteiger partial charge in [0.2, 0.25) is 0 Å². The van der Waals surface area contributed by atoms with Gasteiger partial charge in [-0.05, 0) is 70.3 Å². The molecule has 5 nitrogen and oxygen atoms in total. The number of carbonyl (C=O) groups excluding carboxylic acids is 1. The maximum atomic E-state index is 11.7. The third kappa shape index (κ3) is 5.13. The average molecular weight is 409 g/mol. The quantitative estimate of drug-likeness (QED) is 0.796. The van der Waals surface area contributed by atoms with E-state index >= 15 is 0 Å². The highest BCUT2D eigenvalue weighted by Gasteiger charge is 2.25. The molecular formula is C13H15Br2NO4. The van der Waals surface area contributed by atoms with Crippen LogP contribution in [0.15, 0.2) is 27.1 Å². The number of nitrogens with one attached hydrogen (secondary N) is 1. The lowest BCUT2D eigenvalue weighted by Crippen LogP contribution is -2.38. The molecule has 0 spiro atoms. The van der Waals surface area contributed by atoms with Crippen LogP contribution >= 0.6 is 31.9 Å². The van der Waals surface area contributed by atoms with E-state index in [1.165, 1.54) is 0 Å². The average Bonchev–Trinajstić information content (AvgIpc) is 2.27. The molecule has 0 aromatic heterocycles. The summed E-state index contributed by atoms with van der Waals surface area (Å²) in [5.74, 6) is -1.16. The monoisotopic (exact) mass is 407 g/mol. The van der Waals surface area contributed by atoms with Crippen LogP contribution in [0.1, 0.15) is 32.4 Å². The predicted octanol–water partition coefficient (Wildman–Crippen LogP) is 3.86. The topological polar surface area (TPSA) is 75.6 Å². The molecule has 0 saturated heterocycles. The number of halogens is 2. The summed E-state index contributed by atoms with van der Waals surface area (Å²) in [7, 11) is 0. The number of alkyl carbamates (subject to hydrolysis) is 1. The molecule has 0 bridgehead atoms. The first-order chi connectivity index (χ1) is 9.10. The van der Waals surface area contributed by atoms with Crippen molar-refractivity contribution in [2.45, 2.75) is 32.4 Å². The van der Waals surface area contributed by atoms with Gasteiger partial charge in [0.25, 0.3) is 0 Å². The van der Waals surface area contributed by atoms with Gasteiger partial charge in [0.15, 0.2) is 6.04 Å². The van der Waals surface area contributed by atoms with Crippen molar-refractivity contribution < 1.29 is 19.4 Å². The second-order valence-electron chi connectivity index (χ2n) is 5.09. The third-order valence-electron chi connectivity index (χ3n) is 2.19. The van der Waals surface area contributed by atoms with Crippen LogP contribution in [0.4, 0.5) is 4.79 Å². The highest BCUT2D eigenvalue weighted by molar-refractivity contribution is 9.13. The summed E-state index contributed by atoms with van der Waals surface area (Å²) in [6, 6.07) is 3.77. The number of carboxylic acids is 1. The summed E-state index contributed by atoms with van der Waals surface area (Å²) >= 11 is 6.59. The van der Waals surface area contributed by atoms with Crippen LogP contribution in [0, 0.1) is 0 Å². The van der Waals surface area contributed by atoms with E-state index in [1.54, 1.807) is 39.0 Å². The molecule has 0 aliphatic rings. The fourth-order valence-corrected chi connectivity index (χ4v) is 2.05. The van der Waals surface area contributed by atoms with E-state index in [1.807, 2.05) is 0 Å². The van der Waals surface area contributed by atoms with Crippen LogP contribution in [0.3, 0.4) is 0 Å². The minimum Gasteiger partial charge on any atom is -0.479 e. The molecule has 7 heteroatoms. The number of aliphatic carboxylic acids is 1. The van der Waals surface area contributed by atoms with E-state index in [2.05, 4.69) is 37.2 Å². The van der Waals surface area contributed by atoms with Gasteiger partial charge in [-0.2, -0.15) is 0 Å². The zero-order chi connectivity index (χ0) is 15.5. The van der Waals surface area contributed by atoms with E-state index in [0.29, 0.717) is 10.0 Å². The maximum absolute atomic E-state index is 11.7. The summed E-state index contributed by atoms with van der Waals surface area (Å²) in [5, 5.41) is 11.6. The van der Waals surface area contributed by atoms with Crippen molar-refractivity contribution in [3.63, 3.8) is 0 Å². The third-order valence-corrected chi connectivity index (χ3v) is 4.06. The Morgan fingerprint density at radius 3 is 2.30 bits per heavy atom. The normalized spacial score (nSPS) is 12.7. The van der Waals surface area contributed by atoms with E-state index in [9.17, 15) is 14.7 Å². The highest BCUT2D eigenvalue weighted by Crippen LogP contribution is 2.26. The van der Waals surface area contributed by atoms with Crippen molar-refractivity contribution in [2.75, 3.05) is 0 Å². The Bertz CT molecular complexity index is 526. The Morgan fingerprint density at radius 2 is 1.85 bits per heavy atom. The molecule has 0 fully saturated rings. The van der Waals surface area contributed by atoms with E-state index in [-0.39, 0.29) is 0 Å². The van der Waals surface area contributed by atoms with Crippen molar-refractivity contribution in [1.29, 1.82) is 0 Å². The number of hydrogen-bond donors (Lipinski definition) is 2. The van der Waals surface area contributed by atoms with Gasteiger partial charge in [0.1, 0.15) is 5.60 Å². The fraction of sp³-hybridized carbons (Fsp3) is 0.385. The number of rotatable bonds is 3. The Morgan fingerprint density at radius 1 is 1.25 bits per heavy atom. The zero-order valence-corrected chi connectivity index (χ0v) is 14.4. The summed E-state index contributed by atoms with van der Waals surface area (Å²) in [4.78, 5) is 23.0. The number of amides is 1. The highest BCUT2D eigenvalue weighted by atomic mass is 79.9. The van der Waals surface area contributed by atoms with Crippen molar-refractivity contribution in [2.24, 2.45) is 0 Å². The standard InChI is InChI=1S/C13H15Br2NO4/c1-13(2,3)20-12(19)16-10(11(17)18)7-4-5-8(14)9(15)6-7/h4-6,10H,1-3H3,(H,16,19)(H,17,18). The van der Waals surface area contributed by atoms with Crippen molar-refractivity contribution in [3.8, 4) is 0 Å². The molecule has 110 valence electrons. The molecule has 1 unspecified atom stereocenters. The molecule has 20 heavy (non-hydrogen) atoms. The number of carbonyl (C=O) groups is 2. The van der Waals surface area contributed by atoms with Gasteiger partial charge in [-0.1, -0.05) is 6.07 Å². The Labute approximate surface area is 134 Å². The number of hydrogen-bond acceptors (Lipinski definition) is 3. The molecule has 0 saturated carbocycles. The first-order valence-corrected chi connectivity index (χ1v) is 7.36. The SMILES string of the molecule is CC(C)(C)OC(=O)NC(C(=O)O)c1ccc(Br)c(Br)c1. The maximum Gasteiger partial charge on any atom is 0.408 e. The molecular weight excluding hydrogens is 394 g/mol. The second-order valence-corrected chi connectivity index (χ2v) is 6.80. The Balaban J connectivity index is 2.92.